The van der Waals surface area contributed by atoms with Gasteiger partial charge < -0.3 is 24.3 Å². The maximum Gasteiger partial charge on any atom is 0.311 e. The molecule has 6 atom stereocenters. The van der Waals surface area contributed by atoms with Gasteiger partial charge >= 0.3 is 5.97 Å². The van der Waals surface area contributed by atoms with Crippen LogP contribution in [0.25, 0.3) is 0 Å². The number of rotatable bonds is 3. The summed E-state index contributed by atoms with van der Waals surface area (Å²) < 4.78 is 22.0. The fourth-order valence-corrected chi connectivity index (χ4v) is 6.50. The van der Waals surface area contributed by atoms with Gasteiger partial charge in [0.05, 0.1) is 45.4 Å². The lowest BCUT2D eigenvalue weighted by Gasteiger charge is -2.50. The van der Waals surface area contributed by atoms with Crippen LogP contribution < -0.4 is 14.8 Å². The van der Waals surface area contributed by atoms with Gasteiger partial charge in [0, 0.05) is 30.3 Å². The number of esters is 1. The summed E-state index contributed by atoms with van der Waals surface area (Å²) in [5.74, 6) is 1.12. The third-order valence-electron chi connectivity index (χ3n) is 8.11. The Morgan fingerprint density at radius 2 is 1.94 bits per heavy atom. The molecule has 0 saturated carbocycles. The van der Waals surface area contributed by atoms with Crippen molar-refractivity contribution in [2.24, 2.45) is 17.8 Å². The molecule has 4 aliphatic rings. The zero-order chi connectivity index (χ0) is 21.9. The van der Waals surface area contributed by atoms with Crippen LogP contribution in [0.5, 0.6) is 11.5 Å². The fourth-order valence-electron chi connectivity index (χ4n) is 6.50. The highest BCUT2D eigenvalue weighted by molar-refractivity contribution is 6.07. The van der Waals surface area contributed by atoms with Gasteiger partial charge in [-0.05, 0) is 43.9 Å². The first-order chi connectivity index (χ1) is 14.9. The summed E-state index contributed by atoms with van der Waals surface area (Å²) in [7, 11) is 4.63. The number of anilines is 1. The second-order valence-electron chi connectivity index (χ2n) is 9.17. The monoisotopic (exact) mass is 430 g/mol. The first-order valence-corrected chi connectivity index (χ1v) is 11.0. The van der Waals surface area contributed by atoms with Crippen LogP contribution in [0.3, 0.4) is 0 Å². The molecule has 3 saturated heterocycles. The van der Waals surface area contributed by atoms with Crippen molar-refractivity contribution in [1.82, 2.24) is 4.90 Å². The van der Waals surface area contributed by atoms with E-state index in [1.54, 1.807) is 14.2 Å². The largest absolute Gasteiger partial charge is 0.493 e. The molecular formula is C23H30N2O6. The molecule has 1 aromatic rings. The minimum absolute atomic E-state index is 0.0190. The Hall–Kier alpha value is -2.32. The quantitative estimate of drug-likeness (QED) is 0.732. The molecule has 4 aliphatic heterocycles. The normalized spacial score (nSPS) is 36.4. The lowest BCUT2D eigenvalue weighted by atomic mass is 9.65. The second kappa shape index (κ2) is 7.38. The SMILES string of the molecule is COC(=O)[C@@H]1CO[C@@H](C)[C@@H]2CN3CC[C@]4(C(=O)Nc5cc(OC)c(OC)cc54)[C@@H]3C[C@H]21. The summed E-state index contributed by atoms with van der Waals surface area (Å²) in [4.78, 5) is 28.4. The van der Waals surface area contributed by atoms with Crippen LogP contribution in [0.2, 0.25) is 0 Å². The van der Waals surface area contributed by atoms with E-state index in [0.29, 0.717) is 18.1 Å². The third-order valence-corrected chi connectivity index (χ3v) is 8.11. The molecule has 1 amide bonds. The zero-order valence-electron chi connectivity index (χ0n) is 18.5. The molecule has 1 N–H and O–H groups in total. The Labute approximate surface area is 182 Å². The highest BCUT2D eigenvalue weighted by Gasteiger charge is 2.62. The molecule has 0 bridgehead atoms. The van der Waals surface area contributed by atoms with Crippen LogP contribution in [0.15, 0.2) is 12.1 Å². The van der Waals surface area contributed by atoms with E-state index in [1.165, 1.54) is 7.11 Å². The van der Waals surface area contributed by atoms with E-state index in [2.05, 4.69) is 17.1 Å². The number of carbonyl (C=O) groups excluding carboxylic acids is 2. The van der Waals surface area contributed by atoms with Gasteiger partial charge in [-0.3, -0.25) is 14.5 Å². The Balaban J connectivity index is 1.55. The Morgan fingerprint density at radius 1 is 1.19 bits per heavy atom. The summed E-state index contributed by atoms with van der Waals surface area (Å²) in [5.41, 5.74) is 1.11. The number of hydrogen-bond acceptors (Lipinski definition) is 7. The number of carbonyl (C=O) groups is 2. The molecule has 4 heterocycles. The van der Waals surface area contributed by atoms with Crippen molar-refractivity contribution in [1.29, 1.82) is 0 Å². The molecule has 8 heteroatoms. The Bertz CT molecular complexity index is 920. The highest BCUT2D eigenvalue weighted by atomic mass is 16.5. The van der Waals surface area contributed by atoms with Crippen LogP contribution in [0.1, 0.15) is 25.3 Å². The van der Waals surface area contributed by atoms with Crippen molar-refractivity contribution >= 4 is 17.6 Å². The average Bonchev–Trinajstić information content (AvgIpc) is 3.29. The molecule has 3 fully saturated rings. The predicted octanol–water partition coefficient (Wildman–Crippen LogP) is 1.81. The van der Waals surface area contributed by atoms with Gasteiger partial charge in [0.2, 0.25) is 5.91 Å². The number of benzene rings is 1. The molecule has 0 aromatic heterocycles. The van der Waals surface area contributed by atoms with E-state index < -0.39 is 5.41 Å². The van der Waals surface area contributed by atoms with Crippen molar-refractivity contribution in [3.63, 3.8) is 0 Å². The molecule has 1 aromatic carbocycles. The minimum Gasteiger partial charge on any atom is -0.493 e. The van der Waals surface area contributed by atoms with E-state index in [0.717, 1.165) is 37.2 Å². The van der Waals surface area contributed by atoms with Crippen LogP contribution in [0, 0.1) is 17.8 Å². The number of methoxy groups -OCH3 is 3. The summed E-state index contributed by atoms with van der Waals surface area (Å²) in [6.45, 7) is 4.13. The number of ether oxygens (including phenoxy) is 4. The number of fused-ring (bicyclic) bond motifs is 5. The highest BCUT2D eigenvalue weighted by Crippen LogP contribution is 2.55. The van der Waals surface area contributed by atoms with E-state index >= 15 is 0 Å². The number of nitrogens with one attached hydrogen (secondary N) is 1. The molecule has 8 nitrogen and oxygen atoms in total. The molecule has 31 heavy (non-hydrogen) atoms. The summed E-state index contributed by atoms with van der Waals surface area (Å²) in [6.07, 6.45) is 1.58. The van der Waals surface area contributed by atoms with Crippen molar-refractivity contribution in [2.45, 2.75) is 37.3 Å². The number of nitrogens with zero attached hydrogens (tertiary/aromatic N) is 1. The number of amides is 1. The Morgan fingerprint density at radius 3 is 2.65 bits per heavy atom. The van der Waals surface area contributed by atoms with Crippen LogP contribution in [0.4, 0.5) is 5.69 Å². The maximum atomic E-state index is 13.5. The first kappa shape index (κ1) is 20.6. The van der Waals surface area contributed by atoms with Crippen LogP contribution in [-0.4, -0.2) is 69.9 Å². The maximum absolute atomic E-state index is 13.5. The topological polar surface area (TPSA) is 86.3 Å². The standard InChI is InChI=1S/C23H30N2O6/c1-12-14-10-25-6-5-23(20(25)7-13(14)15(11-31-12)21(26)30-4)16-8-18(28-2)19(29-3)9-17(16)24-22(23)27/h8-9,12-15,20H,5-7,10-11H2,1-4H3,(H,24,27)/t12-,13+,14-,15+,20-,23+/m0/s1. The fraction of sp³-hybridized carbons (Fsp3) is 0.652. The average molecular weight is 431 g/mol. The number of piperidine rings is 1. The molecule has 0 unspecified atom stereocenters. The smallest absolute Gasteiger partial charge is 0.311 e. The molecule has 5 rings (SSSR count). The molecule has 0 aliphatic carbocycles. The zero-order valence-corrected chi connectivity index (χ0v) is 18.5. The van der Waals surface area contributed by atoms with Crippen molar-refractivity contribution in [3.05, 3.63) is 17.7 Å². The van der Waals surface area contributed by atoms with E-state index in [-0.39, 0.29) is 41.8 Å². The molecule has 168 valence electrons. The predicted molar refractivity (Wildman–Crippen MR) is 112 cm³/mol. The van der Waals surface area contributed by atoms with Gasteiger partial charge in [-0.15, -0.1) is 0 Å². The molecule has 0 radical (unpaired) electrons. The lowest BCUT2D eigenvalue weighted by Crippen LogP contribution is -2.59. The van der Waals surface area contributed by atoms with Gasteiger partial charge in [0.25, 0.3) is 0 Å². The van der Waals surface area contributed by atoms with Crippen molar-refractivity contribution in [2.75, 3.05) is 46.3 Å². The first-order valence-electron chi connectivity index (χ1n) is 11.0. The second-order valence-corrected chi connectivity index (χ2v) is 9.17. The summed E-state index contributed by atoms with van der Waals surface area (Å²) in [6, 6.07) is 3.82. The van der Waals surface area contributed by atoms with E-state index in [1.807, 2.05) is 12.1 Å². The van der Waals surface area contributed by atoms with Crippen molar-refractivity contribution in [3.8, 4) is 11.5 Å². The van der Waals surface area contributed by atoms with Gasteiger partial charge in [0.1, 0.15) is 0 Å². The lowest BCUT2D eigenvalue weighted by molar-refractivity contribution is -0.169. The van der Waals surface area contributed by atoms with Crippen LogP contribution >= 0.6 is 0 Å². The molecular weight excluding hydrogens is 400 g/mol. The Kier molecular flexibility index (Phi) is 4.90. The molecule has 1 spiro atoms. The summed E-state index contributed by atoms with van der Waals surface area (Å²) in [5, 5.41) is 3.10. The van der Waals surface area contributed by atoms with E-state index in [4.69, 9.17) is 18.9 Å². The third kappa shape index (κ3) is 2.80. The van der Waals surface area contributed by atoms with Gasteiger partial charge in [-0.1, -0.05) is 0 Å². The summed E-state index contributed by atoms with van der Waals surface area (Å²) >= 11 is 0. The van der Waals surface area contributed by atoms with Gasteiger partial charge in [0.15, 0.2) is 11.5 Å². The number of hydrogen-bond donors (Lipinski definition) is 1. The minimum atomic E-state index is -0.651. The van der Waals surface area contributed by atoms with Crippen LogP contribution in [-0.2, 0) is 24.5 Å². The van der Waals surface area contributed by atoms with E-state index in [9.17, 15) is 9.59 Å². The van der Waals surface area contributed by atoms with Gasteiger partial charge in [-0.25, -0.2) is 0 Å². The van der Waals surface area contributed by atoms with Gasteiger partial charge in [-0.2, -0.15) is 0 Å². The van der Waals surface area contributed by atoms with Crippen molar-refractivity contribution < 1.29 is 28.5 Å².